The van der Waals surface area contributed by atoms with Crippen LogP contribution in [0.4, 0.5) is 0 Å². The van der Waals surface area contributed by atoms with E-state index in [4.69, 9.17) is 8.37 Å². The highest BCUT2D eigenvalue weighted by Crippen LogP contribution is 2.26. The van der Waals surface area contributed by atoms with Gasteiger partial charge in [0.2, 0.25) is 0 Å². The highest BCUT2D eigenvalue weighted by molar-refractivity contribution is 9.28. The number of hydrogen-bond acceptors (Lipinski definition) is 4. The van der Waals surface area contributed by atoms with E-state index in [-0.39, 0.29) is 0 Å². The average molecular weight is 446 g/mol. The molecule has 1 heterocycles. The van der Waals surface area contributed by atoms with E-state index >= 15 is 0 Å². The van der Waals surface area contributed by atoms with E-state index < -0.39 is 30.7 Å². The van der Waals surface area contributed by atoms with Gasteiger partial charge >= 0.3 is 10.4 Å². The van der Waals surface area contributed by atoms with E-state index in [0.717, 1.165) is 18.1 Å². The lowest BCUT2D eigenvalue weighted by Gasteiger charge is -2.20. The van der Waals surface area contributed by atoms with Crippen molar-refractivity contribution < 1.29 is 16.8 Å². The molecule has 2 unspecified atom stereocenters. The molecule has 1 aliphatic heterocycles. The monoisotopic (exact) mass is 444 g/mol. The van der Waals surface area contributed by atoms with Gasteiger partial charge in [0.05, 0.1) is 3.39 Å². The molecule has 1 aliphatic rings. The molecule has 20 heavy (non-hydrogen) atoms. The Labute approximate surface area is 138 Å². The summed E-state index contributed by atoms with van der Waals surface area (Å²) < 4.78 is 33.2. The Balaban J connectivity index is 3.03. The van der Waals surface area contributed by atoms with E-state index in [1.54, 1.807) is 6.08 Å². The van der Waals surface area contributed by atoms with Crippen molar-refractivity contribution >= 4 is 50.3 Å². The number of halogens is 2. The predicted molar refractivity (Wildman–Crippen MR) is 89.6 cm³/mol. The molecule has 114 valence electrons. The maximum absolute atomic E-state index is 11.4. The van der Waals surface area contributed by atoms with Crippen LogP contribution in [0, 0.1) is 11.5 Å². The summed E-state index contributed by atoms with van der Waals surface area (Å²) in [6.07, 6.45) is 0.0805. The first-order chi connectivity index (χ1) is 9.27. The van der Waals surface area contributed by atoms with Crippen molar-refractivity contribution in [2.75, 3.05) is 0 Å². The van der Waals surface area contributed by atoms with Crippen LogP contribution >= 0.6 is 31.9 Å². The van der Waals surface area contributed by atoms with Gasteiger partial charge in [-0.2, -0.15) is 8.42 Å². The number of hydrogen-bond donors (Lipinski definition) is 0. The zero-order valence-corrected chi connectivity index (χ0v) is 16.6. The van der Waals surface area contributed by atoms with Gasteiger partial charge in [-0.25, -0.2) is 8.37 Å². The Morgan fingerprint density at radius 1 is 1.20 bits per heavy atom. The van der Waals surface area contributed by atoms with Crippen molar-refractivity contribution in [3.63, 3.8) is 0 Å². The Morgan fingerprint density at radius 3 is 2.20 bits per heavy atom. The van der Waals surface area contributed by atoms with Gasteiger partial charge in [0.25, 0.3) is 0 Å². The fourth-order valence-corrected chi connectivity index (χ4v) is 5.86. The summed E-state index contributed by atoms with van der Waals surface area (Å²) in [5.74, 6) is 2.99. The van der Waals surface area contributed by atoms with Crippen molar-refractivity contribution in [2.24, 2.45) is 0 Å². The van der Waals surface area contributed by atoms with Crippen LogP contribution in [0.2, 0.25) is 18.1 Å². The minimum absolute atomic E-state index is 0.604. The summed E-state index contributed by atoms with van der Waals surface area (Å²) >= 11 is 6.38. The standard InChI is InChI=1S/C12H18Br2O4SSi/c1-4-20(5-2,6-3)8-7-10-11(9-12(13)14)18-19(15,16)17-10/h9-11H,4-6H2,1-3H3. The molecule has 1 rings (SSSR count). The minimum Gasteiger partial charge on any atom is -0.237 e. The molecule has 0 radical (unpaired) electrons. The van der Waals surface area contributed by atoms with Gasteiger partial charge in [0, 0.05) is 0 Å². The largest absolute Gasteiger partial charge is 0.401 e. The molecular weight excluding hydrogens is 428 g/mol. The van der Waals surface area contributed by atoms with Gasteiger partial charge in [-0.1, -0.05) is 26.7 Å². The van der Waals surface area contributed by atoms with E-state index in [9.17, 15) is 8.42 Å². The lowest BCUT2D eigenvalue weighted by atomic mass is 10.2. The summed E-state index contributed by atoms with van der Waals surface area (Å²) in [5, 5.41) is 0. The Morgan fingerprint density at radius 2 is 1.75 bits per heavy atom. The summed E-state index contributed by atoms with van der Waals surface area (Å²) in [7, 11) is -5.59. The lowest BCUT2D eigenvalue weighted by molar-refractivity contribution is 0.243. The molecule has 0 bridgehead atoms. The molecule has 0 spiro atoms. The minimum atomic E-state index is -3.95. The van der Waals surface area contributed by atoms with Crippen LogP contribution in [-0.4, -0.2) is 28.7 Å². The summed E-state index contributed by atoms with van der Waals surface area (Å²) in [5.41, 5.74) is 3.32. The number of rotatable bonds is 4. The Kier molecular flexibility index (Phi) is 6.96. The molecule has 0 saturated carbocycles. The van der Waals surface area contributed by atoms with Gasteiger partial charge in [0.1, 0.15) is 14.2 Å². The zero-order valence-electron chi connectivity index (χ0n) is 11.7. The van der Waals surface area contributed by atoms with Crippen LogP contribution < -0.4 is 0 Å². The first-order valence-electron chi connectivity index (χ1n) is 6.44. The highest BCUT2D eigenvalue weighted by Gasteiger charge is 2.38. The molecule has 0 aliphatic carbocycles. The van der Waals surface area contributed by atoms with E-state index in [1.165, 1.54) is 0 Å². The van der Waals surface area contributed by atoms with Gasteiger partial charge in [-0.15, -0.1) is 5.54 Å². The van der Waals surface area contributed by atoms with Crippen LogP contribution in [0.3, 0.4) is 0 Å². The quantitative estimate of drug-likeness (QED) is 0.489. The van der Waals surface area contributed by atoms with Crippen molar-refractivity contribution in [1.82, 2.24) is 0 Å². The molecule has 0 amide bonds. The third-order valence-corrected chi connectivity index (χ3v) is 9.71. The molecule has 0 aromatic heterocycles. The molecule has 0 aromatic carbocycles. The molecule has 4 nitrogen and oxygen atoms in total. The molecule has 0 N–H and O–H groups in total. The predicted octanol–water partition coefficient (Wildman–Crippen LogP) is 3.70. The zero-order chi connectivity index (χ0) is 15.4. The topological polar surface area (TPSA) is 52.6 Å². The molecule has 1 fully saturated rings. The van der Waals surface area contributed by atoms with Crippen LogP contribution in [-0.2, 0) is 18.8 Å². The lowest BCUT2D eigenvalue weighted by Crippen LogP contribution is -2.30. The third kappa shape index (κ3) is 4.96. The van der Waals surface area contributed by atoms with E-state index in [0.29, 0.717) is 3.39 Å². The molecule has 1 saturated heterocycles. The van der Waals surface area contributed by atoms with Crippen molar-refractivity contribution in [3.8, 4) is 11.5 Å². The molecule has 2 atom stereocenters. The first-order valence-corrected chi connectivity index (χ1v) is 12.0. The highest BCUT2D eigenvalue weighted by atomic mass is 79.9. The summed E-state index contributed by atoms with van der Waals surface area (Å²) in [4.78, 5) is 0. The second kappa shape index (κ2) is 7.56. The first kappa shape index (κ1) is 18.4. The second-order valence-electron chi connectivity index (χ2n) is 4.55. The van der Waals surface area contributed by atoms with Crippen molar-refractivity contribution in [1.29, 1.82) is 0 Å². The molecular formula is C12H18Br2O4SSi. The molecule has 8 heteroatoms. The SMILES string of the molecule is CC[Si](C#CC1OS(=O)(=O)OC1C=C(Br)Br)(CC)CC. The van der Waals surface area contributed by atoms with Crippen molar-refractivity contribution in [3.05, 3.63) is 9.47 Å². The van der Waals surface area contributed by atoms with Crippen LogP contribution in [0.5, 0.6) is 0 Å². The Bertz CT molecular complexity index is 519. The second-order valence-corrected chi connectivity index (χ2v) is 13.5. The van der Waals surface area contributed by atoms with Crippen molar-refractivity contribution in [2.45, 2.75) is 51.1 Å². The van der Waals surface area contributed by atoms with Gasteiger partial charge in [-0.05, 0) is 56.1 Å². The third-order valence-electron chi connectivity index (χ3n) is 3.55. The van der Waals surface area contributed by atoms with Gasteiger partial charge in [0.15, 0.2) is 6.10 Å². The normalized spacial score (nSPS) is 24.9. The van der Waals surface area contributed by atoms with Crippen LogP contribution in [0.25, 0.3) is 0 Å². The van der Waals surface area contributed by atoms with E-state index in [2.05, 4.69) is 64.1 Å². The maximum atomic E-state index is 11.4. The summed E-state index contributed by atoms with van der Waals surface area (Å²) in [6, 6.07) is 3.15. The fraction of sp³-hybridized carbons (Fsp3) is 0.667. The van der Waals surface area contributed by atoms with Gasteiger partial charge < -0.3 is 0 Å². The molecule has 0 aromatic rings. The van der Waals surface area contributed by atoms with E-state index in [1.807, 2.05) is 0 Å². The van der Waals surface area contributed by atoms with Crippen LogP contribution in [0.1, 0.15) is 20.8 Å². The smallest absolute Gasteiger partial charge is 0.237 e. The maximum Gasteiger partial charge on any atom is 0.401 e. The average Bonchev–Trinajstić information content (AvgIpc) is 2.65. The van der Waals surface area contributed by atoms with Gasteiger partial charge in [-0.3, -0.25) is 0 Å². The van der Waals surface area contributed by atoms with Crippen LogP contribution in [0.15, 0.2) is 9.47 Å². The Hall–Kier alpha value is 0.347. The fourth-order valence-electron chi connectivity index (χ4n) is 1.98. The summed E-state index contributed by atoms with van der Waals surface area (Å²) in [6.45, 7) is 6.43.